The van der Waals surface area contributed by atoms with Crippen LogP contribution in [0.1, 0.15) is 6.92 Å². The van der Waals surface area contributed by atoms with Gasteiger partial charge in [-0.1, -0.05) is 0 Å². The highest BCUT2D eigenvalue weighted by molar-refractivity contribution is 6.02. The number of benzene rings is 1. The summed E-state index contributed by atoms with van der Waals surface area (Å²) in [5.41, 5.74) is -0.362. The summed E-state index contributed by atoms with van der Waals surface area (Å²) in [6.07, 6.45) is -4.57. The second-order valence-corrected chi connectivity index (χ2v) is 5.20. The molecule has 0 fully saturated rings. The Morgan fingerprint density at radius 3 is 2.68 bits per heavy atom. The van der Waals surface area contributed by atoms with E-state index in [0.29, 0.717) is 4.90 Å². The number of ether oxygens (including phenoxy) is 1. The Balaban J connectivity index is 2.27. The zero-order valence-electron chi connectivity index (χ0n) is 13.1. The number of hydrogen-bond donors (Lipinski definition) is 0. The van der Waals surface area contributed by atoms with E-state index >= 15 is 0 Å². The molecule has 0 unspecified atom stereocenters. The van der Waals surface area contributed by atoms with Crippen molar-refractivity contribution in [3.63, 3.8) is 0 Å². The fraction of sp³-hybridized carbons (Fsp3) is 0.429. The van der Waals surface area contributed by atoms with Crippen LogP contribution in [0.4, 0.5) is 24.5 Å². The average molecular weight is 361 g/mol. The van der Waals surface area contributed by atoms with Gasteiger partial charge < -0.3 is 9.64 Å². The molecule has 1 aliphatic rings. The first-order valence-electron chi connectivity index (χ1n) is 7.18. The summed E-state index contributed by atoms with van der Waals surface area (Å²) in [4.78, 5) is 35.8. The van der Waals surface area contributed by atoms with Crippen LogP contribution >= 0.6 is 0 Å². The number of anilines is 1. The van der Waals surface area contributed by atoms with E-state index in [0.717, 1.165) is 17.0 Å². The Morgan fingerprint density at radius 1 is 1.44 bits per heavy atom. The predicted octanol–water partition coefficient (Wildman–Crippen LogP) is 1.73. The summed E-state index contributed by atoms with van der Waals surface area (Å²) in [7, 11) is 0. The van der Waals surface area contributed by atoms with Crippen molar-refractivity contribution in [2.75, 3.05) is 31.1 Å². The summed E-state index contributed by atoms with van der Waals surface area (Å²) in [5.74, 6) is -1.46. The lowest BCUT2D eigenvalue weighted by atomic mass is 10.2. The second-order valence-electron chi connectivity index (χ2n) is 5.20. The highest BCUT2D eigenvalue weighted by atomic mass is 19.4. The van der Waals surface area contributed by atoms with Crippen molar-refractivity contribution < 1.29 is 32.4 Å². The fourth-order valence-electron chi connectivity index (χ4n) is 2.31. The first-order valence-corrected chi connectivity index (χ1v) is 7.18. The summed E-state index contributed by atoms with van der Waals surface area (Å²) < 4.78 is 42.7. The van der Waals surface area contributed by atoms with Crippen LogP contribution in [-0.4, -0.2) is 54.1 Å². The van der Waals surface area contributed by atoms with Gasteiger partial charge in [0.1, 0.15) is 18.8 Å². The van der Waals surface area contributed by atoms with E-state index in [4.69, 9.17) is 4.74 Å². The molecule has 1 aromatic rings. The van der Waals surface area contributed by atoms with Gasteiger partial charge in [0.15, 0.2) is 6.61 Å². The number of rotatable bonds is 5. The number of carbonyl (C=O) groups is 2. The van der Waals surface area contributed by atoms with Crippen molar-refractivity contribution in [3.05, 3.63) is 28.3 Å². The topological polar surface area (TPSA) is 93.0 Å². The van der Waals surface area contributed by atoms with Crippen LogP contribution in [0.3, 0.4) is 0 Å². The Kier molecular flexibility index (Phi) is 5.14. The maximum atomic E-state index is 12.5. The van der Waals surface area contributed by atoms with Gasteiger partial charge in [-0.2, -0.15) is 13.2 Å². The largest absolute Gasteiger partial charge is 0.482 e. The summed E-state index contributed by atoms with van der Waals surface area (Å²) in [6, 6.07) is 3.47. The lowest BCUT2D eigenvalue weighted by molar-refractivity contribution is -0.384. The first-order chi connectivity index (χ1) is 11.6. The Hall–Kier alpha value is -2.85. The number of nitro benzene ring substituents is 1. The average Bonchev–Trinajstić information content (AvgIpc) is 2.53. The van der Waals surface area contributed by atoms with Gasteiger partial charge in [0, 0.05) is 18.7 Å². The predicted molar refractivity (Wildman–Crippen MR) is 79.3 cm³/mol. The highest BCUT2D eigenvalue weighted by Gasteiger charge is 2.35. The van der Waals surface area contributed by atoms with Crippen LogP contribution in [-0.2, 0) is 9.59 Å². The lowest BCUT2D eigenvalue weighted by Gasteiger charge is -2.31. The van der Waals surface area contributed by atoms with Gasteiger partial charge in [-0.3, -0.25) is 24.6 Å². The van der Waals surface area contributed by atoms with E-state index in [1.54, 1.807) is 0 Å². The number of hydrogen-bond acceptors (Lipinski definition) is 5. The van der Waals surface area contributed by atoms with E-state index in [9.17, 15) is 32.9 Å². The summed E-state index contributed by atoms with van der Waals surface area (Å²) in [6.45, 7) is -1.34. The molecule has 1 heterocycles. The van der Waals surface area contributed by atoms with E-state index in [2.05, 4.69) is 0 Å². The molecule has 11 heteroatoms. The standard InChI is InChI=1S/C14H14F3N3O5/c1-2-18(8-14(15,16)17)12(21)6-19-10-5-9(20(23)24)3-4-11(10)25-7-13(19)22/h3-5H,2,6-8H2,1H3. The number of halogens is 3. The van der Waals surface area contributed by atoms with Crippen LogP contribution < -0.4 is 9.64 Å². The number of nitrogens with zero attached hydrogens (tertiary/aromatic N) is 3. The van der Waals surface area contributed by atoms with E-state index in [-0.39, 0.29) is 23.7 Å². The van der Waals surface area contributed by atoms with Crippen LogP contribution in [0.2, 0.25) is 0 Å². The van der Waals surface area contributed by atoms with Crippen LogP contribution in [0.15, 0.2) is 18.2 Å². The zero-order valence-corrected chi connectivity index (χ0v) is 13.1. The Labute approximate surface area is 139 Å². The van der Waals surface area contributed by atoms with Crippen LogP contribution in [0.5, 0.6) is 5.75 Å². The monoisotopic (exact) mass is 361 g/mol. The molecule has 25 heavy (non-hydrogen) atoms. The molecule has 0 atom stereocenters. The van der Waals surface area contributed by atoms with Crippen molar-refractivity contribution >= 4 is 23.2 Å². The maximum absolute atomic E-state index is 12.5. The highest BCUT2D eigenvalue weighted by Crippen LogP contribution is 2.35. The molecule has 0 saturated heterocycles. The van der Waals surface area contributed by atoms with Crippen LogP contribution in [0.25, 0.3) is 0 Å². The molecule has 1 aromatic carbocycles. The molecule has 2 amide bonds. The molecule has 0 bridgehead atoms. The van der Waals surface area contributed by atoms with Gasteiger partial charge in [0.05, 0.1) is 10.6 Å². The minimum Gasteiger partial charge on any atom is -0.482 e. The number of nitro groups is 1. The fourth-order valence-corrected chi connectivity index (χ4v) is 2.31. The second kappa shape index (κ2) is 6.95. The number of carbonyl (C=O) groups excluding carboxylic acids is 2. The van der Waals surface area contributed by atoms with Crippen molar-refractivity contribution in [1.29, 1.82) is 0 Å². The van der Waals surface area contributed by atoms with Gasteiger partial charge in [-0.25, -0.2) is 0 Å². The number of amides is 2. The third-order valence-corrected chi connectivity index (χ3v) is 3.49. The minimum atomic E-state index is -4.57. The number of fused-ring (bicyclic) bond motifs is 1. The van der Waals surface area contributed by atoms with Gasteiger partial charge in [-0.05, 0) is 13.0 Å². The van der Waals surface area contributed by atoms with Crippen molar-refractivity contribution in [2.45, 2.75) is 13.1 Å². The molecule has 0 saturated carbocycles. The van der Waals surface area contributed by atoms with E-state index in [1.165, 1.54) is 13.0 Å². The number of non-ortho nitro benzene ring substituents is 1. The minimum absolute atomic E-state index is 0.0261. The molecule has 0 aromatic heterocycles. The molecule has 0 radical (unpaired) electrons. The normalized spacial score (nSPS) is 13.9. The van der Waals surface area contributed by atoms with Crippen molar-refractivity contribution in [2.24, 2.45) is 0 Å². The molecule has 1 aliphatic heterocycles. The molecular formula is C14H14F3N3O5. The van der Waals surface area contributed by atoms with Gasteiger partial charge >= 0.3 is 6.18 Å². The lowest BCUT2D eigenvalue weighted by Crippen LogP contribution is -2.48. The molecule has 136 valence electrons. The zero-order chi connectivity index (χ0) is 18.8. The molecule has 0 aliphatic carbocycles. The molecule has 2 rings (SSSR count). The maximum Gasteiger partial charge on any atom is 0.406 e. The Morgan fingerprint density at radius 2 is 2.12 bits per heavy atom. The van der Waals surface area contributed by atoms with E-state index < -0.39 is 42.6 Å². The Bertz CT molecular complexity index is 707. The molecule has 0 spiro atoms. The SMILES string of the molecule is CCN(CC(F)(F)F)C(=O)CN1C(=O)COc2ccc([N+](=O)[O-])cc21. The van der Waals surface area contributed by atoms with Gasteiger partial charge in [0.2, 0.25) is 5.91 Å². The number of alkyl halides is 3. The van der Waals surface area contributed by atoms with Gasteiger partial charge in [0.25, 0.3) is 11.6 Å². The van der Waals surface area contributed by atoms with Gasteiger partial charge in [-0.15, -0.1) is 0 Å². The smallest absolute Gasteiger partial charge is 0.406 e. The quantitative estimate of drug-likeness (QED) is 0.588. The molecule has 0 N–H and O–H groups in total. The molecular weight excluding hydrogens is 347 g/mol. The summed E-state index contributed by atoms with van der Waals surface area (Å²) >= 11 is 0. The van der Waals surface area contributed by atoms with E-state index in [1.807, 2.05) is 0 Å². The van der Waals surface area contributed by atoms with Crippen LogP contribution in [0, 0.1) is 10.1 Å². The van der Waals surface area contributed by atoms with Crippen molar-refractivity contribution in [1.82, 2.24) is 4.90 Å². The van der Waals surface area contributed by atoms with Crippen molar-refractivity contribution in [3.8, 4) is 5.75 Å². The first kappa shape index (κ1) is 18.5. The third kappa shape index (κ3) is 4.37. The summed E-state index contributed by atoms with van der Waals surface area (Å²) in [5, 5.41) is 10.9. The third-order valence-electron chi connectivity index (χ3n) is 3.49. The number of likely N-dealkylation sites (N-methyl/N-ethyl adjacent to an activating group) is 1. The molecule has 8 nitrogen and oxygen atoms in total.